The predicted molar refractivity (Wildman–Crippen MR) is 125 cm³/mol. The Morgan fingerprint density at radius 2 is 2.00 bits per heavy atom. The Kier molecular flexibility index (Phi) is 5.78. The van der Waals surface area contributed by atoms with Crippen molar-refractivity contribution in [3.05, 3.63) is 42.0 Å². The number of benzene rings is 1. The summed E-state index contributed by atoms with van der Waals surface area (Å²) in [5, 5.41) is 12.3. The molecule has 0 spiro atoms. The molecule has 1 fully saturated rings. The summed E-state index contributed by atoms with van der Waals surface area (Å²) in [7, 11) is -2.08. The third-order valence-electron chi connectivity index (χ3n) is 8.01. The molecule has 0 radical (unpaired) electrons. The average Bonchev–Trinajstić information content (AvgIpc) is 2.93. The topological polar surface area (TPSA) is 65.0 Å². The fourth-order valence-electron chi connectivity index (χ4n) is 4.84. The Morgan fingerprint density at radius 3 is 2.58 bits per heavy atom. The highest BCUT2D eigenvalue weighted by molar-refractivity contribution is 6.74. The molecule has 1 N–H and O–H groups in total. The first-order valence-corrected chi connectivity index (χ1v) is 14.0. The van der Waals surface area contributed by atoms with Crippen molar-refractivity contribution < 1.29 is 23.8 Å². The molecule has 31 heavy (non-hydrogen) atoms. The normalized spacial score (nSPS) is 29.5. The van der Waals surface area contributed by atoms with Crippen LogP contribution in [0.1, 0.15) is 58.6 Å². The number of ether oxygens (including phenoxy) is 2. The number of fused-ring (bicyclic) bond motifs is 3. The number of aliphatic hydroxyl groups is 1. The van der Waals surface area contributed by atoms with Gasteiger partial charge in [-0.25, -0.2) is 4.79 Å². The number of carbonyl (C=O) groups is 1. The van der Waals surface area contributed by atoms with E-state index in [2.05, 4.69) is 40.4 Å². The molecule has 1 aromatic rings. The molecule has 1 heterocycles. The molecule has 6 heteroatoms. The van der Waals surface area contributed by atoms with E-state index in [1.54, 1.807) is 0 Å². The zero-order valence-corrected chi connectivity index (χ0v) is 21.3. The van der Waals surface area contributed by atoms with Gasteiger partial charge in [0.25, 0.3) is 0 Å². The SMILES string of the molecule is C=CC(=O)OC[C@]12CC[C@H](O[Si](C)(C)C(C)(C)C)C(C)(C)[C@@]1(O)Oc1c(C)cccc12. The van der Waals surface area contributed by atoms with E-state index in [0.717, 1.165) is 23.6 Å². The lowest BCUT2D eigenvalue weighted by atomic mass is 9.56. The summed E-state index contributed by atoms with van der Waals surface area (Å²) in [5.74, 6) is -1.41. The van der Waals surface area contributed by atoms with Gasteiger partial charge in [0.2, 0.25) is 5.79 Å². The van der Waals surface area contributed by atoms with Crippen LogP contribution in [0.25, 0.3) is 0 Å². The van der Waals surface area contributed by atoms with Gasteiger partial charge >= 0.3 is 5.97 Å². The van der Waals surface area contributed by atoms with Crippen molar-refractivity contribution in [1.82, 2.24) is 0 Å². The lowest BCUT2D eigenvalue weighted by Crippen LogP contribution is -2.70. The van der Waals surface area contributed by atoms with Crippen LogP contribution in [0, 0.1) is 12.3 Å². The Morgan fingerprint density at radius 1 is 1.35 bits per heavy atom. The lowest BCUT2D eigenvalue weighted by molar-refractivity contribution is -0.291. The van der Waals surface area contributed by atoms with Crippen molar-refractivity contribution in [3.63, 3.8) is 0 Å². The molecule has 0 saturated heterocycles. The fraction of sp³-hybridized carbons (Fsp3) is 0.640. The van der Waals surface area contributed by atoms with Crippen molar-refractivity contribution in [1.29, 1.82) is 0 Å². The van der Waals surface area contributed by atoms with Crippen molar-refractivity contribution >= 4 is 14.3 Å². The van der Waals surface area contributed by atoms with Crippen LogP contribution in [0.4, 0.5) is 0 Å². The monoisotopic (exact) mass is 446 g/mol. The Hall–Kier alpha value is -1.63. The van der Waals surface area contributed by atoms with Gasteiger partial charge in [0.15, 0.2) is 8.32 Å². The average molecular weight is 447 g/mol. The molecule has 172 valence electrons. The Labute approximate surface area is 187 Å². The van der Waals surface area contributed by atoms with Crippen LogP contribution < -0.4 is 4.74 Å². The first-order chi connectivity index (χ1) is 14.1. The summed E-state index contributed by atoms with van der Waals surface area (Å²) in [6.07, 6.45) is 2.30. The van der Waals surface area contributed by atoms with E-state index >= 15 is 0 Å². The zero-order chi connectivity index (χ0) is 23.5. The molecule has 1 saturated carbocycles. The number of carbonyl (C=O) groups excluding carboxylic acids is 1. The molecule has 0 aromatic heterocycles. The second-order valence-corrected chi connectivity index (χ2v) is 16.0. The van der Waals surface area contributed by atoms with E-state index in [1.165, 1.54) is 0 Å². The molecule has 1 aromatic carbocycles. The number of para-hydroxylation sites is 1. The number of hydrogen-bond acceptors (Lipinski definition) is 5. The maximum Gasteiger partial charge on any atom is 0.330 e. The lowest BCUT2D eigenvalue weighted by Gasteiger charge is -2.57. The molecule has 0 unspecified atom stereocenters. The summed E-state index contributed by atoms with van der Waals surface area (Å²) in [4.78, 5) is 12.0. The van der Waals surface area contributed by atoms with Crippen LogP contribution in [0.15, 0.2) is 30.9 Å². The van der Waals surface area contributed by atoms with Gasteiger partial charge in [0, 0.05) is 11.6 Å². The molecule has 1 aliphatic heterocycles. The summed E-state index contributed by atoms with van der Waals surface area (Å²) in [6, 6.07) is 5.91. The van der Waals surface area contributed by atoms with Crippen LogP contribution in [0.2, 0.25) is 18.1 Å². The zero-order valence-electron chi connectivity index (χ0n) is 20.3. The summed E-state index contributed by atoms with van der Waals surface area (Å²) < 4.78 is 18.8. The molecule has 5 nitrogen and oxygen atoms in total. The molecular weight excluding hydrogens is 408 g/mol. The number of esters is 1. The summed E-state index contributed by atoms with van der Waals surface area (Å²) in [6.45, 7) is 20.6. The van der Waals surface area contributed by atoms with Crippen LogP contribution in [-0.4, -0.2) is 37.9 Å². The maximum atomic E-state index is 12.3. The first-order valence-electron chi connectivity index (χ1n) is 11.1. The van der Waals surface area contributed by atoms with Gasteiger partial charge in [-0.05, 0) is 43.5 Å². The van der Waals surface area contributed by atoms with Crippen LogP contribution in [0.5, 0.6) is 5.75 Å². The fourth-order valence-corrected chi connectivity index (χ4v) is 6.32. The highest BCUT2D eigenvalue weighted by Crippen LogP contribution is 2.63. The largest absolute Gasteiger partial charge is 0.461 e. The highest BCUT2D eigenvalue weighted by atomic mass is 28.4. The minimum Gasteiger partial charge on any atom is -0.461 e. The van der Waals surface area contributed by atoms with Crippen molar-refractivity contribution in [2.45, 2.75) is 89.8 Å². The first kappa shape index (κ1) is 24.0. The molecule has 0 amide bonds. The van der Waals surface area contributed by atoms with E-state index in [-0.39, 0.29) is 17.7 Å². The van der Waals surface area contributed by atoms with E-state index in [9.17, 15) is 9.90 Å². The van der Waals surface area contributed by atoms with Crippen LogP contribution in [0.3, 0.4) is 0 Å². The highest BCUT2D eigenvalue weighted by Gasteiger charge is 2.72. The van der Waals surface area contributed by atoms with E-state index in [0.29, 0.717) is 12.2 Å². The second-order valence-electron chi connectivity index (χ2n) is 11.2. The number of rotatable bonds is 5. The minimum absolute atomic E-state index is 0.0288. The number of aryl methyl sites for hydroxylation is 1. The van der Waals surface area contributed by atoms with Gasteiger partial charge in [-0.3, -0.25) is 0 Å². The van der Waals surface area contributed by atoms with Gasteiger partial charge in [0.05, 0.1) is 16.9 Å². The van der Waals surface area contributed by atoms with Gasteiger partial charge in [-0.1, -0.05) is 59.4 Å². The standard InChI is InChI=1S/C25H38O5Si/c1-10-20(26)28-16-24-15-14-19(30-31(8,9)22(3,4)5)23(6,7)25(24,27)29-21-17(2)12-11-13-18(21)24/h10-13,19,27H,1,14-16H2,2-9H3/t19-,24-,25+/m0/s1. The van der Waals surface area contributed by atoms with Gasteiger partial charge in [-0.15, -0.1) is 0 Å². The second kappa shape index (κ2) is 7.46. The molecular formula is C25H38O5Si. The van der Waals surface area contributed by atoms with E-state index in [4.69, 9.17) is 13.9 Å². The van der Waals surface area contributed by atoms with Crippen molar-refractivity contribution in [2.24, 2.45) is 5.41 Å². The molecule has 3 atom stereocenters. The van der Waals surface area contributed by atoms with Crippen LogP contribution in [-0.2, 0) is 19.4 Å². The number of hydrogen-bond donors (Lipinski definition) is 1. The van der Waals surface area contributed by atoms with Gasteiger partial charge in [0.1, 0.15) is 12.4 Å². The summed E-state index contributed by atoms with van der Waals surface area (Å²) in [5.41, 5.74) is 0.231. The minimum atomic E-state index is -2.08. The smallest absolute Gasteiger partial charge is 0.330 e. The van der Waals surface area contributed by atoms with Gasteiger partial charge < -0.3 is 19.0 Å². The Balaban J connectivity index is 2.08. The van der Waals surface area contributed by atoms with E-state index in [1.807, 2.05) is 39.0 Å². The quantitative estimate of drug-likeness (QED) is 0.380. The summed E-state index contributed by atoms with van der Waals surface area (Å²) >= 11 is 0. The Bertz CT molecular complexity index is 884. The third kappa shape index (κ3) is 3.47. The van der Waals surface area contributed by atoms with Gasteiger partial charge in [-0.2, -0.15) is 0 Å². The molecule has 2 aliphatic rings. The van der Waals surface area contributed by atoms with E-state index < -0.39 is 30.9 Å². The third-order valence-corrected chi connectivity index (χ3v) is 12.5. The van der Waals surface area contributed by atoms with Crippen molar-refractivity contribution in [2.75, 3.05) is 6.61 Å². The molecule has 1 aliphatic carbocycles. The van der Waals surface area contributed by atoms with Crippen molar-refractivity contribution in [3.8, 4) is 5.75 Å². The predicted octanol–water partition coefficient (Wildman–Crippen LogP) is 5.25. The van der Waals surface area contributed by atoms with Crippen LogP contribution >= 0.6 is 0 Å². The molecule has 0 bridgehead atoms. The molecule has 3 rings (SSSR count). The maximum absolute atomic E-state index is 12.3.